The van der Waals surface area contributed by atoms with Gasteiger partial charge in [-0.05, 0) is 81.4 Å². The summed E-state index contributed by atoms with van der Waals surface area (Å²) in [6.45, 7) is 6.15. The molecule has 0 aromatic heterocycles. The Bertz CT molecular complexity index is 979. The van der Waals surface area contributed by atoms with Gasteiger partial charge in [0.05, 0.1) is 23.5 Å². The van der Waals surface area contributed by atoms with Crippen molar-refractivity contribution in [3.63, 3.8) is 0 Å². The second kappa shape index (κ2) is 11.9. The van der Waals surface area contributed by atoms with Gasteiger partial charge in [0.1, 0.15) is 5.75 Å². The summed E-state index contributed by atoms with van der Waals surface area (Å²) in [4.78, 5) is 2.20. The van der Waals surface area contributed by atoms with Crippen LogP contribution in [0.25, 0.3) is 0 Å². The fourth-order valence-corrected chi connectivity index (χ4v) is 3.97. The predicted molar refractivity (Wildman–Crippen MR) is 126 cm³/mol. The van der Waals surface area contributed by atoms with Gasteiger partial charge in [0.2, 0.25) is 0 Å². The van der Waals surface area contributed by atoms with Crippen LogP contribution in [-0.2, 0) is 16.4 Å². The molecule has 2 aromatic rings. The molecule has 0 aliphatic rings. The van der Waals surface area contributed by atoms with Crippen LogP contribution in [0.1, 0.15) is 24.8 Å². The van der Waals surface area contributed by atoms with E-state index in [1.54, 1.807) is 24.3 Å². The molecule has 0 aliphatic heterocycles. The maximum Gasteiger partial charge on any atom is 0.416 e. The highest BCUT2D eigenvalue weighted by molar-refractivity contribution is 7.94. The molecule has 33 heavy (non-hydrogen) atoms. The first-order chi connectivity index (χ1) is 15.5. The van der Waals surface area contributed by atoms with Crippen LogP contribution in [0.3, 0.4) is 0 Å². The summed E-state index contributed by atoms with van der Waals surface area (Å²) in [5.41, 5.74) is -0.438. The van der Waals surface area contributed by atoms with Gasteiger partial charge in [-0.3, -0.25) is 9.03 Å². The molecule has 6 nitrogen and oxygen atoms in total. The zero-order chi connectivity index (χ0) is 24.5. The second-order valence-corrected chi connectivity index (χ2v) is 9.31. The van der Waals surface area contributed by atoms with Crippen molar-refractivity contribution in [3.05, 3.63) is 66.7 Å². The van der Waals surface area contributed by atoms with Crippen LogP contribution in [-0.4, -0.2) is 47.1 Å². The maximum absolute atomic E-state index is 12.7. The molecule has 182 valence electrons. The van der Waals surface area contributed by atoms with Gasteiger partial charge in [-0.15, -0.1) is 6.58 Å². The first kappa shape index (κ1) is 26.5. The van der Waals surface area contributed by atoms with Crippen LogP contribution in [0.5, 0.6) is 5.75 Å². The maximum atomic E-state index is 12.7. The van der Waals surface area contributed by atoms with E-state index >= 15 is 0 Å². The van der Waals surface area contributed by atoms with Crippen LogP contribution >= 0.6 is 0 Å². The second-order valence-electron chi connectivity index (χ2n) is 7.60. The minimum Gasteiger partial charge on any atom is -0.494 e. The van der Waals surface area contributed by atoms with E-state index in [0.29, 0.717) is 18.0 Å². The van der Waals surface area contributed by atoms with Crippen LogP contribution in [0, 0.1) is 0 Å². The molecule has 0 bridgehead atoms. The van der Waals surface area contributed by atoms with Crippen molar-refractivity contribution in [1.29, 1.82) is 0 Å². The highest BCUT2D eigenvalue weighted by Gasteiger charge is 2.30. The Labute approximate surface area is 193 Å². The number of hydrogen-bond acceptors (Lipinski definition) is 4. The van der Waals surface area contributed by atoms with Gasteiger partial charge in [-0.1, -0.05) is 6.08 Å². The summed E-state index contributed by atoms with van der Waals surface area (Å²) >= 11 is 0. The van der Waals surface area contributed by atoms with Crippen LogP contribution < -0.4 is 13.8 Å². The quantitative estimate of drug-likeness (QED) is 0.314. The van der Waals surface area contributed by atoms with Crippen molar-refractivity contribution in [2.24, 2.45) is 0 Å². The number of ether oxygens (including phenoxy) is 1. The van der Waals surface area contributed by atoms with E-state index in [4.69, 9.17) is 4.74 Å². The molecule has 0 heterocycles. The lowest BCUT2D eigenvalue weighted by Crippen LogP contribution is -2.32. The topological polar surface area (TPSA) is 61.9 Å². The molecule has 0 atom stereocenters. The molecule has 0 unspecified atom stereocenters. The van der Waals surface area contributed by atoms with Gasteiger partial charge in [0.25, 0.3) is 0 Å². The first-order valence-electron chi connectivity index (χ1n) is 10.5. The predicted octanol–water partition coefficient (Wildman–Crippen LogP) is 5.17. The fourth-order valence-electron chi connectivity index (χ4n) is 3.00. The average Bonchev–Trinajstić information content (AvgIpc) is 2.75. The number of halogens is 3. The van der Waals surface area contributed by atoms with Crippen LogP contribution in [0.15, 0.2) is 61.2 Å². The zero-order valence-electron chi connectivity index (χ0n) is 18.8. The van der Waals surface area contributed by atoms with Gasteiger partial charge < -0.3 is 9.64 Å². The molecule has 0 fully saturated rings. The SMILES string of the molecule is C=CCN(C)CCCCCOc1ccc(N(C)S(=O)(=O)Nc2ccc(C(F)(F)F)cc2)cc1. The number of alkyl halides is 3. The largest absolute Gasteiger partial charge is 0.494 e. The number of anilines is 2. The van der Waals surface area contributed by atoms with Gasteiger partial charge >= 0.3 is 16.4 Å². The Morgan fingerprint density at radius 3 is 2.21 bits per heavy atom. The summed E-state index contributed by atoms with van der Waals surface area (Å²) in [5, 5.41) is 0. The Hall–Kier alpha value is -2.72. The number of nitrogens with zero attached hydrogens (tertiary/aromatic N) is 2. The third-order valence-corrected chi connectivity index (χ3v) is 6.34. The smallest absolute Gasteiger partial charge is 0.416 e. The normalized spacial score (nSPS) is 11.9. The third-order valence-electron chi connectivity index (χ3n) is 4.91. The van der Waals surface area contributed by atoms with Crippen molar-refractivity contribution >= 4 is 21.6 Å². The zero-order valence-corrected chi connectivity index (χ0v) is 19.6. The number of benzene rings is 2. The van der Waals surface area contributed by atoms with E-state index in [2.05, 4.69) is 23.2 Å². The molecule has 0 spiro atoms. The molecule has 0 amide bonds. The first-order valence-corrected chi connectivity index (χ1v) is 11.9. The van der Waals surface area contributed by atoms with E-state index in [9.17, 15) is 21.6 Å². The summed E-state index contributed by atoms with van der Waals surface area (Å²) in [7, 11) is -0.611. The molecule has 10 heteroatoms. The minimum atomic E-state index is -4.49. The van der Waals surface area contributed by atoms with Gasteiger partial charge in [0, 0.05) is 13.6 Å². The lowest BCUT2D eigenvalue weighted by molar-refractivity contribution is -0.137. The Morgan fingerprint density at radius 1 is 1.00 bits per heavy atom. The third kappa shape index (κ3) is 8.62. The van der Waals surface area contributed by atoms with Gasteiger partial charge in [-0.25, -0.2) is 0 Å². The van der Waals surface area contributed by atoms with E-state index < -0.39 is 21.9 Å². The average molecular weight is 486 g/mol. The van der Waals surface area contributed by atoms with Crippen molar-refractivity contribution < 1.29 is 26.3 Å². The van der Waals surface area contributed by atoms with Crippen molar-refractivity contribution in [3.8, 4) is 5.75 Å². The van der Waals surface area contributed by atoms with E-state index in [-0.39, 0.29) is 5.69 Å². The molecule has 0 aliphatic carbocycles. The summed E-state index contributed by atoms with van der Waals surface area (Å²) < 4.78 is 72.1. The summed E-state index contributed by atoms with van der Waals surface area (Å²) in [6, 6.07) is 10.4. The van der Waals surface area contributed by atoms with Crippen molar-refractivity contribution in [2.75, 3.05) is 42.8 Å². The lowest BCUT2D eigenvalue weighted by Gasteiger charge is -2.21. The number of rotatable bonds is 13. The van der Waals surface area contributed by atoms with E-state index in [1.807, 2.05) is 6.08 Å². The highest BCUT2D eigenvalue weighted by Crippen LogP contribution is 2.30. The molecule has 0 radical (unpaired) electrons. The summed E-state index contributed by atoms with van der Waals surface area (Å²) in [5.74, 6) is 0.629. The van der Waals surface area contributed by atoms with E-state index in [1.165, 1.54) is 7.05 Å². The molecule has 2 aromatic carbocycles. The molecular formula is C23H30F3N3O3S. The molecule has 0 saturated carbocycles. The standard InChI is InChI=1S/C23H30F3N3O3S/c1-4-16-28(2)17-6-5-7-18-32-22-14-12-21(13-15-22)29(3)33(30,31)27-20-10-8-19(9-11-20)23(24,25)26/h4,8-15,27H,1,5-7,16-18H2,2-3H3. The number of likely N-dealkylation sites (N-methyl/N-ethyl adjacent to an activating group) is 1. The van der Waals surface area contributed by atoms with Crippen molar-refractivity contribution in [2.45, 2.75) is 25.4 Å². The molecule has 2 rings (SSSR count). The number of hydrogen-bond donors (Lipinski definition) is 1. The van der Waals surface area contributed by atoms with Crippen LogP contribution in [0.2, 0.25) is 0 Å². The van der Waals surface area contributed by atoms with Crippen molar-refractivity contribution in [1.82, 2.24) is 4.90 Å². The van der Waals surface area contributed by atoms with Gasteiger partial charge in [0.15, 0.2) is 0 Å². The van der Waals surface area contributed by atoms with Gasteiger partial charge in [-0.2, -0.15) is 21.6 Å². The Balaban J connectivity index is 1.84. The minimum absolute atomic E-state index is 0.0329. The Kier molecular flexibility index (Phi) is 9.60. The van der Waals surface area contributed by atoms with Crippen LogP contribution in [0.4, 0.5) is 24.5 Å². The summed E-state index contributed by atoms with van der Waals surface area (Å²) in [6.07, 6.45) is 0.410. The molecule has 1 N–H and O–H groups in total. The molecule has 0 saturated heterocycles. The Morgan fingerprint density at radius 2 is 1.64 bits per heavy atom. The number of nitrogens with one attached hydrogen (secondary N) is 1. The molecular weight excluding hydrogens is 455 g/mol. The lowest BCUT2D eigenvalue weighted by atomic mass is 10.2. The fraction of sp³-hybridized carbons (Fsp3) is 0.391. The van der Waals surface area contributed by atoms with E-state index in [0.717, 1.165) is 60.9 Å². The monoisotopic (exact) mass is 485 g/mol. The number of unbranched alkanes of at least 4 members (excludes halogenated alkanes) is 2. The highest BCUT2D eigenvalue weighted by atomic mass is 32.2.